The van der Waals surface area contributed by atoms with Crippen LogP contribution in [0.1, 0.15) is 23.5 Å². The standard InChI is InChI=1S/C15H17N5O/c1-10-11(9-17-20-10)8-16-15(21)7-6-14-18-12-4-2-3-5-13(12)19-14/h2-5,9H,6-8H2,1H3,(H,16,21)(H,17,20)(H,18,19). The molecular weight excluding hydrogens is 266 g/mol. The number of nitrogens with zero attached hydrogens (tertiary/aromatic N) is 2. The van der Waals surface area contributed by atoms with Crippen LogP contribution in [-0.4, -0.2) is 26.1 Å². The summed E-state index contributed by atoms with van der Waals surface area (Å²) in [4.78, 5) is 19.5. The Morgan fingerprint density at radius 3 is 2.95 bits per heavy atom. The van der Waals surface area contributed by atoms with Crippen molar-refractivity contribution in [3.8, 4) is 0 Å². The zero-order valence-corrected chi connectivity index (χ0v) is 11.8. The first-order valence-electron chi connectivity index (χ1n) is 6.91. The van der Waals surface area contributed by atoms with Crippen LogP contribution in [0.2, 0.25) is 0 Å². The van der Waals surface area contributed by atoms with Gasteiger partial charge in [0, 0.05) is 30.6 Å². The number of imidazole rings is 1. The molecule has 2 heterocycles. The van der Waals surface area contributed by atoms with Crippen molar-refractivity contribution in [2.45, 2.75) is 26.3 Å². The second-order valence-corrected chi connectivity index (χ2v) is 5.00. The highest BCUT2D eigenvalue weighted by Crippen LogP contribution is 2.11. The van der Waals surface area contributed by atoms with Crippen molar-refractivity contribution in [3.05, 3.63) is 47.5 Å². The molecule has 21 heavy (non-hydrogen) atoms. The van der Waals surface area contributed by atoms with Gasteiger partial charge < -0.3 is 10.3 Å². The second kappa shape index (κ2) is 5.78. The van der Waals surface area contributed by atoms with Gasteiger partial charge in [-0.05, 0) is 19.1 Å². The predicted octanol–water partition coefficient (Wildman–Crippen LogP) is 1.84. The Kier molecular flexibility index (Phi) is 3.68. The van der Waals surface area contributed by atoms with Gasteiger partial charge in [0.25, 0.3) is 0 Å². The van der Waals surface area contributed by atoms with Crippen LogP contribution in [0.3, 0.4) is 0 Å². The van der Waals surface area contributed by atoms with E-state index in [0.29, 0.717) is 19.4 Å². The number of hydrogen-bond donors (Lipinski definition) is 3. The summed E-state index contributed by atoms with van der Waals surface area (Å²) >= 11 is 0. The molecular formula is C15H17N5O. The van der Waals surface area contributed by atoms with Crippen molar-refractivity contribution in [1.82, 2.24) is 25.5 Å². The van der Waals surface area contributed by atoms with Gasteiger partial charge in [0.2, 0.25) is 5.91 Å². The summed E-state index contributed by atoms with van der Waals surface area (Å²) in [5.41, 5.74) is 3.92. The summed E-state index contributed by atoms with van der Waals surface area (Å²) in [7, 11) is 0. The zero-order chi connectivity index (χ0) is 14.7. The molecule has 1 amide bonds. The predicted molar refractivity (Wildman–Crippen MR) is 79.6 cm³/mol. The normalized spacial score (nSPS) is 10.9. The molecule has 0 bridgehead atoms. The van der Waals surface area contributed by atoms with Gasteiger partial charge in [-0.3, -0.25) is 9.89 Å². The molecule has 3 N–H and O–H groups in total. The number of fused-ring (bicyclic) bond motifs is 1. The quantitative estimate of drug-likeness (QED) is 0.668. The van der Waals surface area contributed by atoms with E-state index in [9.17, 15) is 4.79 Å². The first kappa shape index (κ1) is 13.4. The molecule has 108 valence electrons. The van der Waals surface area contributed by atoms with Crippen molar-refractivity contribution in [1.29, 1.82) is 0 Å². The average Bonchev–Trinajstić information content (AvgIpc) is 3.08. The Labute approximate surface area is 122 Å². The molecule has 0 saturated carbocycles. The fraction of sp³-hybridized carbons (Fsp3) is 0.267. The lowest BCUT2D eigenvalue weighted by Gasteiger charge is -2.03. The molecule has 0 fully saturated rings. The molecule has 0 aliphatic heterocycles. The van der Waals surface area contributed by atoms with Gasteiger partial charge in [0.05, 0.1) is 17.2 Å². The van der Waals surface area contributed by atoms with Crippen LogP contribution in [0.4, 0.5) is 0 Å². The smallest absolute Gasteiger partial charge is 0.220 e. The number of amides is 1. The Morgan fingerprint density at radius 2 is 2.19 bits per heavy atom. The van der Waals surface area contributed by atoms with Crippen molar-refractivity contribution in [2.75, 3.05) is 0 Å². The SMILES string of the molecule is Cc1[nH]ncc1CNC(=O)CCc1nc2ccccc2[nH]1. The third-order valence-electron chi connectivity index (χ3n) is 3.44. The van der Waals surface area contributed by atoms with Crippen LogP contribution in [0, 0.1) is 6.92 Å². The van der Waals surface area contributed by atoms with Crippen LogP contribution < -0.4 is 5.32 Å². The van der Waals surface area contributed by atoms with E-state index in [-0.39, 0.29) is 5.91 Å². The van der Waals surface area contributed by atoms with Gasteiger partial charge in [-0.1, -0.05) is 12.1 Å². The maximum Gasteiger partial charge on any atom is 0.220 e. The molecule has 0 radical (unpaired) electrons. The molecule has 6 heteroatoms. The van der Waals surface area contributed by atoms with E-state index in [1.165, 1.54) is 0 Å². The lowest BCUT2D eigenvalue weighted by Crippen LogP contribution is -2.23. The summed E-state index contributed by atoms with van der Waals surface area (Å²) in [5.74, 6) is 0.849. The van der Waals surface area contributed by atoms with Gasteiger partial charge in [-0.2, -0.15) is 5.10 Å². The van der Waals surface area contributed by atoms with Crippen LogP contribution in [-0.2, 0) is 17.8 Å². The lowest BCUT2D eigenvalue weighted by molar-refractivity contribution is -0.121. The van der Waals surface area contributed by atoms with E-state index in [0.717, 1.165) is 28.1 Å². The summed E-state index contributed by atoms with van der Waals surface area (Å²) in [5, 5.41) is 9.66. The fourth-order valence-electron chi connectivity index (χ4n) is 2.19. The molecule has 0 unspecified atom stereocenters. The highest BCUT2D eigenvalue weighted by Gasteiger charge is 2.07. The first-order chi connectivity index (χ1) is 10.2. The number of nitrogens with one attached hydrogen (secondary N) is 3. The summed E-state index contributed by atoms with van der Waals surface area (Å²) in [6, 6.07) is 7.85. The van der Waals surface area contributed by atoms with Crippen molar-refractivity contribution >= 4 is 16.9 Å². The van der Waals surface area contributed by atoms with E-state index in [1.54, 1.807) is 6.20 Å². The van der Waals surface area contributed by atoms with Crippen molar-refractivity contribution in [2.24, 2.45) is 0 Å². The highest BCUT2D eigenvalue weighted by molar-refractivity contribution is 5.77. The van der Waals surface area contributed by atoms with Crippen molar-refractivity contribution in [3.63, 3.8) is 0 Å². The van der Waals surface area contributed by atoms with Crippen LogP contribution >= 0.6 is 0 Å². The van der Waals surface area contributed by atoms with Crippen LogP contribution in [0.15, 0.2) is 30.5 Å². The van der Waals surface area contributed by atoms with Gasteiger partial charge in [-0.15, -0.1) is 0 Å². The third kappa shape index (κ3) is 3.10. The minimum atomic E-state index is 0.0102. The zero-order valence-electron chi connectivity index (χ0n) is 11.8. The number of aromatic nitrogens is 4. The van der Waals surface area contributed by atoms with Gasteiger partial charge in [0.1, 0.15) is 5.82 Å². The lowest BCUT2D eigenvalue weighted by atomic mass is 10.2. The minimum Gasteiger partial charge on any atom is -0.352 e. The Morgan fingerprint density at radius 1 is 1.33 bits per heavy atom. The maximum absolute atomic E-state index is 11.9. The van der Waals surface area contributed by atoms with E-state index in [1.807, 2.05) is 31.2 Å². The number of rotatable bonds is 5. The number of benzene rings is 1. The van der Waals surface area contributed by atoms with E-state index < -0.39 is 0 Å². The van der Waals surface area contributed by atoms with Crippen LogP contribution in [0.5, 0.6) is 0 Å². The fourth-order valence-corrected chi connectivity index (χ4v) is 2.19. The monoisotopic (exact) mass is 283 g/mol. The van der Waals surface area contributed by atoms with E-state index in [4.69, 9.17) is 0 Å². The molecule has 0 spiro atoms. The molecule has 2 aromatic heterocycles. The first-order valence-corrected chi connectivity index (χ1v) is 6.91. The Balaban J connectivity index is 1.52. The van der Waals surface area contributed by atoms with E-state index >= 15 is 0 Å². The summed E-state index contributed by atoms with van der Waals surface area (Å²) in [6.45, 7) is 2.43. The molecule has 3 rings (SSSR count). The van der Waals surface area contributed by atoms with Gasteiger partial charge >= 0.3 is 0 Å². The number of carbonyl (C=O) groups is 1. The number of hydrogen-bond acceptors (Lipinski definition) is 3. The summed E-state index contributed by atoms with van der Waals surface area (Å²) < 4.78 is 0. The van der Waals surface area contributed by atoms with Crippen LogP contribution in [0.25, 0.3) is 11.0 Å². The van der Waals surface area contributed by atoms with E-state index in [2.05, 4.69) is 25.5 Å². The average molecular weight is 283 g/mol. The second-order valence-electron chi connectivity index (χ2n) is 5.00. The number of aryl methyl sites for hydroxylation is 2. The third-order valence-corrected chi connectivity index (χ3v) is 3.44. The largest absolute Gasteiger partial charge is 0.352 e. The number of H-pyrrole nitrogens is 2. The number of carbonyl (C=O) groups excluding carboxylic acids is 1. The molecule has 0 aliphatic carbocycles. The van der Waals surface area contributed by atoms with Gasteiger partial charge in [-0.25, -0.2) is 4.98 Å². The Hall–Kier alpha value is -2.63. The molecule has 6 nitrogen and oxygen atoms in total. The summed E-state index contributed by atoms with van der Waals surface area (Å²) in [6.07, 6.45) is 2.75. The molecule has 1 aromatic carbocycles. The molecule has 0 saturated heterocycles. The maximum atomic E-state index is 11.9. The Bertz CT molecular complexity index is 725. The van der Waals surface area contributed by atoms with Crippen molar-refractivity contribution < 1.29 is 4.79 Å². The molecule has 3 aromatic rings. The van der Waals surface area contributed by atoms with Gasteiger partial charge in [0.15, 0.2) is 0 Å². The highest BCUT2D eigenvalue weighted by atomic mass is 16.1. The molecule has 0 aliphatic rings. The minimum absolute atomic E-state index is 0.0102. The number of aromatic amines is 2. The molecule has 0 atom stereocenters. The topological polar surface area (TPSA) is 86.5 Å². The number of para-hydroxylation sites is 2.